The molecular formula is C21H19BrF2N4O2. The molecule has 0 aliphatic carbocycles. The molecule has 0 saturated heterocycles. The monoisotopic (exact) mass is 476 g/mol. The number of hydrogen-bond donors (Lipinski definition) is 2. The number of carbonyl (C=O) groups is 2. The van der Waals surface area contributed by atoms with Crippen molar-refractivity contribution in [1.82, 2.24) is 20.4 Å². The van der Waals surface area contributed by atoms with E-state index in [9.17, 15) is 18.4 Å². The zero-order valence-electron chi connectivity index (χ0n) is 16.5. The Balaban J connectivity index is 1.84. The third-order valence-corrected chi connectivity index (χ3v) is 5.79. The van der Waals surface area contributed by atoms with Crippen molar-refractivity contribution in [3.63, 3.8) is 0 Å². The van der Waals surface area contributed by atoms with E-state index >= 15 is 0 Å². The van der Waals surface area contributed by atoms with Gasteiger partial charge in [-0.15, -0.1) is 0 Å². The zero-order valence-corrected chi connectivity index (χ0v) is 18.0. The fourth-order valence-electron chi connectivity index (χ4n) is 2.98. The van der Waals surface area contributed by atoms with Crippen molar-refractivity contribution in [3.05, 3.63) is 81.1 Å². The second-order valence-corrected chi connectivity index (χ2v) is 7.43. The van der Waals surface area contributed by atoms with Crippen LogP contribution in [0.5, 0.6) is 0 Å². The lowest BCUT2D eigenvalue weighted by Gasteiger charge is -2.18. The average molecular weight is 477 g/mol. The van der Waals surface area contributed by atoms with Gasteiger partial charge in [0.15, 0.2) is 11.6 Å². The van der Waals surface area contributed by atoms with Crippen LogP contribution < -0.4 is 10.6 Å². The fourth-order valence-corrected chi connectivity index (χ4v) is 3.23. The van der Waals surface area contributed by atoms with Crippen molar-refractivity contribution in [1.29, 1.82) is 0 Å². The fraction of sp³-hybridized carbons (Fsp3) is 0.190. The van der Waals surface area contributed by atoms with Crippen LogP contribution in [0.3, 0.4) is 0 Å². The second kappa shape index (κ2) is 8.74. The van der Waals surface area contributed by atoms with Crippen molar-refractivity contribution in [2.24, 2.45) is 0 Å². The molecule has 0 bridgehead atoms. The summed E-state index contributed by atoms with van der Waals surface area (Å²) in [7, 11) is 1.39. The summed E-state index contributed by atoms with van der Waals surface area (Å²) in [4.78, 5) is 24.9. The van der Waals surface area contributed by atoms with Crippen LogP contribution in [0.2, 0.25) is 0 Å². The Hall–Kier alpha value is -3.07. The van der Waals surface area contributed by atoms with Crippen LogP contribution in [-0.2, 0) is 4.79 Å². The Kier molecular flexibility index (Phi) is 6.31. The van der Waals surface area contributed by atoms with Gasteiger partial charge in [0.25, 0.3) is 5.91 Å². The summed E-state index contributed by atoms with van der Waals surface area (Å²) in [5, 5.41) is 9.42. The largest absolute Gasteiger partial charge is 0.357 e. The molecule has 6 nitrogen and oxygen atoms in total. The molecule has 1 atom stereocenters. The van der Waals surface area contributed by atoms with Crippen molar-refractivity contribution in [2.45, 2.75) is 19.9 Å². The van der Waals surface area contributed by atoms with Crippen LogP contribution in [0.25, 0.3) is 5.69 Å². The van der Waals surface area contributed by atoms with E-state index in [4.69, 9.17) is 0 Å². The second-order valence-electron chi connectivity index (χ2n) is 6.64. The molecule has 2 amide bonds. The smallest absolute Gasteiger partial charge is 0.252 e. The first-order valence-corrected chi connectivity index (χ1v) is 9.81. The van der Waals surface area contributed by atoms with E-state index in [0.29, 0.717) is 5.56 Å². The Morgan fingerprint density at radius 2 is 1.73 bits per heavy atom. The predicted octanol–water partition coefficient (Wildman–Crippen LogP) is 3.75. The first-order valence-electron chi connectivity index (χ1n) is 9.02. The molecule has 1 aromatic heterocycles. The third kappa shape index (κ3) is 4.25. The summed E-state index contributed by atoms with van der Waals surface area (Å²) in [5.74, 6) is -3.23. The van der Waals surface area contributed by atoms with Gasteiger partial charge in [0.2, 0.25) is 5.91 Å². The molecule has 0 aliphatic heterocycles. The first-order chi connectivity index (χ1) is 14.2. The maximum Gasteiger partial charge on any atom is 0.252 e. The summed E-state index contributed by atoms with van der Waals surface area (Å²) >= 11 is 3.48. The highest BCUT2D eigenvalue weighted by Gasteiger charge is 2.23. The average Bonchev–Trinajstić information content (AvgIpc) is 3.00. The molecule has 1 unspecified atom stereocenters. The number of rotatable bonds is 5. The van der Waals surface area contributed by atoms with Crippen LogP contribution in [0.4, 0.5) is 8.78 Å². The van der Waals surface area contributed by atoms with Gasteiger partial charge in [-0.2, -0.15) is 5.10 Å². The molecule has 30 heavy (non-hydrogen) atoms. The Bertz CT molecular complexity index is 1110. The number of carbonyl (C=O) groups excluding carboxylic acids is 2. The Morgan fingerprint density at radius 1 is 1.07 bits per heavy atom. The summed E-state index contributed by atoms with van der Waals surface area (Å²) < 4.78 is 29.5. The zero-order chi connectivity index (χ0) is 22.0. The van der Waals surface area contributed by atoms with Gasteiger partial charge in [-0.05, 0) is 71.7 Å². The number of likely N-dealkylation sites (N-methyl/N-ethyl adjacent to an activating group) is 1. The molecule has 0 spiro atoms. The standard InChI is InChI=1S/C21H19BrF2N4O2/c1-11-18(22)12(2)28(27-11)15-7-4-13(5-8-15)20(29)26-19(21(30)25-3)14-6-9-16(23)17(24)10-14/h4-10,19H,1-3H3,(H,25,30)(H,26,29). The van der Waals surface area contributed by atoms with E-state index in [1.165, 1.54) is 13.1 Å². The van der Waals surface area contributed by atoms with E-state index in [-0.39, 0.29) is 5.56 Å². The summed E-state index contributed by atoms with van der Waals surface area (Å²) in [5.41, 5.74) is 2.96. The van der Waals surface area contributed by atoms with Gasteiger partial charge in [-0.3, -0.25) is 9.59 Å². The van der Waals surface area contributed by atoms with E-state index in [0.717, 1.165) is 33.7 Å². The highest BCUT2D eigenvalue weighted by atomic mass is 79.9. The topological polar surface area (TPSA) is 76.0 Å². The van der Waals surface area contributed by atoms with E-state index in [1.807, 2.05) is 13.8 Å². The minimum absolute atomic E-state index is 0.130. The molecule has 0 fully saturated rings. The lowest BCUT2D eigenvalue weighted by molar-refractivity contribution is -0.122. The van der Waals surface area contributed by atoms with Gasteiger partial charge in [0.1, 0.15) is 6.04 Å². The third-order valence-electron chi connectivity index (χ3n) is 4.64. The molecule has 2 N–H and O–H groups in total. The number of benzene rings is 2. The molecular weight excluding hydrogens is 458 g/mol. The maximum absolute atomic E-state index is 13.6. The maximum atomic E-state index is 13.6. The van der Waals surface area contributed by atoms with Gasteiger partial charge in [-0.1, -0.05) is 6.07 Å². The van der Waals surface area contributed by atoms with Gasteiger partial charge < -0.3 is 10.6 Å². The first kappa shape index (κ1) is 21.6. The molecule has 156 valence electrons. The molecule has 0 radical (unpaired) electrons. The minimum Gasteiger partial charge on any atom is -0.357 e. The summed E-state index contributed by atoms with van der Waals surface area (Å²) in [6, 6.07) is 8.53. The normalized spacial score (nSPS) is 11.8. The Labute approximate surface area is 180 Å². The van der Waals surface area contributed by atoms with E-state index in [2.05, 4.69) is 31.7 Å². The summed E-state index contributed by atoms with van der Waals surface area (Å²) in [6.45, 7) is 3.80. The van der Waals surface area contributed by atoms with E-state index in [1.54, 1.807) is 28.9 Å². The highest BCUT2D eigenvalue weighted by molar-refractivity contribution is 9.10. The predicted molar refractivity (Wildman–Crippen MR) is 111 cm³/mol. The highest BCUT2D eigenvalue weighted by Crippen LogP contribution is 2.23. The van der Waals surface area contributed by atoms with Crippen LogP contribution in [-0.4, -0.2) is 28.6 Å². The lowest BCUT2D eigenvalue weighted by Crippen LogP contribution is -2.39. The number of aromatic nitrogens is 2. The van der Waals surface area contributed by atoms with Gasteiger partial charge >= 0.3 is 0 Å². The molecule has 3 aromatic rings. The van der Waals surface area contributed by atoms with Gasteiger partial charge in [0, 0.05) is 12.6 Å². The number of nitrogens with zero attached hydrogens (tertiary/aromatic N) is 2. The molecule has 2 aromatic carbocycles. The van der Waals surface area contributed by atoms with Crippen molar-refractivity contribution >= 4 is 27.7 Å². The number of nitrogens with one attached hydrogen (secondary N) is 2. The Morgan fingerprint density at radius 3 is 2.27 bits per heavy atom. The van der Waals surface area contributed by atoms with Crippen molar-refractivity contribution in [3.8, 4) is 5.69 Å². The van der Waals surface area contributed by atoms with Gasteiger partial charge in [0.05, 0.1) is 21.5 Å². The van der Waals surface area contributed by atoms with Crippen LogP contribution >= 0.6 is 15.9 Å². The number of aryl methyl sites for hydroxylation is 1. The molecule has 0 aliphatic rings. The van der Waals surface area contributed by atoms with Crippen LogP contribution in [0.15, 0.2) is 46.9 Å². The number of amides is 2. The minimum atomic E-state index is -1.18. The quantitative estimate of drug-likeness (QED) is 0.588. The SMILES string of the molecule is CNC(=O)C(NC(=O)c1ccc(-n2nc(C)c(Br)c2C)cc1)c1ccc(F)c(F)c1. The molecule has 0 saturated carbocycles. The molecule has 3 rings (SSSR count). The molecule has 1 heterocycles. The van der Waals surface area contributed by atoms with Crippen LogP contribution in [0, 0.1) is 25.5 Å². The lowest BCUT2D eigenvalue weighted by atomic mass is 10.0. The van der Waals surface area contributed by atoms with Gasteiger partial charge in [-0.25, -0.2) is 13.5 Å². The number of hydrogen-bond acceptors (Lipinski definition) is 3. The summed E-state index contributed by atoms with van der Waals surface area (Å²) in [6.07, 6.45) is 0. The van der Waals surface area contributed by atoms with Crippen molar-refractivity contribution < 1.29 is 18.4 Å². The van der Waals surface area contributed by atoms with Crippen molar-refractivity contribution in [2.75, 3.05) is 7.05 Å². The van der Waals surface area contributed by atoms with E-state index < -0.39 is 29.5 Å². The van der Waals surface area contributed by atoms with Crippen LogP contribution in [0.1, 0.15) is 33.4 Å². The molecule has 9 heteroatoms. The number of halogens is 3.